The molecule has 1 rings (SSSR count). The lowest BCUT2D eigenvalue weighted by Gasteiger charge is -2.09. The van der Waals surface area contributed by atoms with Crippen LogP contribution in [0.3, 0.4) is 0 Å². The van der Waals surface area contributed by atoms with Crippen LogP contribution in [0.4, 0.5) is 0 Å². The van der Waals surface area contributed by atoms with Gasteiger partial charge < -0.3 is 11.1 Å². The molecule has 0 radical (unpaired) electrons. The normalized spacial score (nSPS) is 11.5. The van der Waals surface area contributed by atoms with E-state index in [4.69, 9.17) is 28.9 Å². The Bertz CT molecular complexity index is 383. The van der Waals surface area contributed by atoms with Gasteiger partial charge in [-0.15, -0.1) is 12.4 Å². The van der Waals surface area contributed by atoms with Gasteiger partial charge in [0.25, 0.3) is 0 Å². The lowest BCUT2D eigenvalue weighted by molar-refractivity contribution is -0.121. The topological polar surface area (TPSA) is 55.1 Å². The summed E-state index contributed by atoms with van der Waals surface area (Å²) in [6, 6.07) is 4.95. The minimum absolute atomic E-state index is 0. The average Bonchev–Trinajstić information content (AvgIpc) is 2.24. The summed E-state index contributed by atoms with van der Waals surface area (Å²) in [5, 5.41) is 3.78. The molecule has 0 unspecified atom stereocenters. The molecule has 0 saturated carbocycles. The highest BCUT2D eigenvalue weighted by molar-refractivity contribution is 6.42. The fourth-order valence-electron chi connectivity index (χ4n) is 1.22. The van der Waals surface area contributed by atoms with E-state index in [1.807, 2.05) is 12.1 Å². The van der Waals surface area contributed by atoms with E-state index in [1.54, 1.807) is 13.0 Å². The van der Waals surface area contributed by atoms with Crippen molar-refractivity contribution in [1.82, 2.24) is 5.32 Å². The van der Waals surface area contributed by atoms with Gasteiger partial charge in [-0.05, 0) is 25.0 Å². The highest BCUT2D eigenvalue weighted by atomic mass is 35.5. The molecule has 96 valence electrons. The second-order valence-electron chi connectivity index (χ2n) is 3.54. The molecule has 0 aromatic heterocycles. The second kappa shape index (κ2) is 7.77. The van der Waals surface area contributed by atoms with Gasteiger partial charge in [0.1, 0.15) is 0 Å². The summed E-state index contributed by atoms with van der Waals surface area (Å²) in [6.45, 7) is 2.14. The van der Waals surface area contributed by atoms with Crippen LogP contribution in [-0.4, -0.2) is 18.5 Å². The van der Waals surface area contributed by atoms with E-state index in [2.05, 4.69) is 5.32 Å². The molecule has 0 fully saturated rings. The molecule has 0 aliphatic rings. The standard InChI is InChI=1S/C11H14Cl2N2O.ClH/c1-7(14)11(16)15-6-5-8-3-2-4-9(12)10(8)13;/h2-4,7H,5-6,14H2,1H3,(H,15,16);1H/t7-;/m1./s1. The molecule has 1 amide bonds. The summed E-state index contributed by atoms with van der Waals surface area (Å²) >= 11 is 11.9. The van der Waals surface area contributed by atoms with Crippen molar-refractivity contribution in [1.29, 1.82) is 0 Å². The van der Waals surface area contributed by atoms with E-state index in [0.717, 1.165) is 5.56 Å². The van der Waals surface area contributed by atoms with Crippen LogP contribution in [0.1, 0.15) is 12.5 Å². The Labute approximate surface area is 117 Å². The molecule has 3 nitrogen and oxygen atoms in total. The maximum absolute atomic E-state index is 11.2. The Kier molecular flexibility index (Phi) is 7.55. The molecule has 6 heteroatoms. The van der Waals surface area contributed by atoms with E-state index >= 15 is 0 Å². The van der Waals surface area contributed by atoms with Crippen molar-refractivity contribution in [2.24, 2.45) is 5.73 Å². The van der Waals surface area contributed by atoms with E-state index < -0.39 is 6.04 Å². The zero-order valence-electron chi connectivity index (χ0n) is 9.37. The van der Waals surface area contributed by atoms with Gasteiger partial charge in [-0.25, -0.2) is 0 Å². The summed E-state index contributed by atoms with van der Waals surface area (Å²) in [7, 11) is 0. The first-order valence-electron chi connectivity index (χ1n) is 4.98. The molecule has 0 spiro atoms. The Morgan fingerprint density at radius 3 is 2.71 bits per heavy atom. The molecule has 0 saturated heterocycles. The van der Waals surface area contributed by atoms with Crippen molar-refractivity contribution >= 4 is 41.5 Å². The summed E-state index contributed by atoms with van der Waals surface area (Å²) in [6.07, 6.45) is 0.637. The maximum Gasteiger partial charge on any atom is 0.236 e. The minimum atomic E-state index is -0.491. The second-order valence-corrected chi connectivity index (χ2v) is 4.33. The van der Waals surface area contributed by atoms with Gasteiger partial charge in [0.2, 0.25) is 5.91 Å². The number of hydrogen-bond donors (Lipinski definition) is 2. The van der Waals surface area contributed by atoms with E-state index in [-0.39, 0.29) is 18.3 Å². The van der Waals surface area contributed by atoms with Crippen LogP contribution in [0.25, 0.3) is 0 Å². The number of carbonyl (C=O) groups is 1. The van der Waals surface area contributed by atoms with Gasteiger partial charge in [0, 0.05) is 6.54 Å². The van der Waals surface area contributed by atoms with Crippen molar-refractivity contribution in [2.45, 2.75) is 19.4 Å². The van der Waals surface area contributed by atoms with Gasteiger partial charge in [0.15, 0.2) is 0 Å². The zero-order valence-corrected chi connectivity index (χ0v) is 11.7. The van der Waals surface area contributed by atoms with Crippen LogP contribution in [-0.2, 0) is 11.2 Å². The monoisotopic (exact) mass is 296 g/mol. The molecule has 1 aromatic carbocycles. The Morgan fingerprint density at radius 1 is 1.47 bits per heavy atom. The molecule has 0 bridgehead atoms. The average molecular weight is 298 g/mol. The van der Waals surface area contributed by atoms with E-state index in [0.29, 0.717) is 23.0 Å². The predicted octanol–water partition coefficient (Wildman–Crippen LogP) is 2.42. The van der Waals surface area contributed by atoms with Crippen molar-refractivity contribution in [3.8, 4) is 0 Å². The van der Waals surface area contributed by atoms with Crippen LogP contribution in [0.5, 0.6) is 0 Å². The lowest BCUT2D eigenvalue weighted by Crippen LogP contribution is -2.39. The first-order chi connectivity index (χ1) is 7.52. The highest BCUT2D eigenvalue weighted by Gasteiger charge is 2.07. The fourth-order valence-corrected chi connectivity index (χ4v) is 1.64. The third-order valence-corrected chi connectivity index (χ3v) is 3.00. The first-order valence-corrected chi connectivity index (χ1v) is 5.74. The van der Waals surface area contributed by atoms with E-state index in [9.17, 15) is 4.79 Å². The van der Waals surface area contributed by atoms with Gasteiger partial charge >= 0.3 is 0 Å². The van der Waals surface area contributed by atoms with Gasteiger partial charge in [-0.1, -0.05) is 35.3 Å². The van der Waals surface area contributed by atoms with E-state index in [1.165, 1.54) is 0 Å². The van der Waals surface area contributed by atoms with Crippen LogP contribution in [0, 0.1) is 0 Å². The molecular weight excluding hydrogens is 282 g/mol. The number of rotatable bonds is 4. The minimum Gasteiger partial charge on any atom is -0.354 e. The highest BCUT2D eigenvalue weighted by Crippen LogP contribution is 2.25. The number of benzene rings is 1. The van der Waals surface area contributed by atoms with Crippen molar-refractivity contribution < 1.29 is 4.79 Å². The Hall–Kier alpha value is -0.480. The van der Waals surface area contributed by atoms with Crippen LogP contribution < -0.4 is 11.1 Å². The fraction of sp³-hybridized carbons (Fsp3) is 0.364. The third kappa shape index (κ3) is 5.13. The molecule has 0 aliphatic carbocycles. The maximum atomic E-state index is 11.2. The van der Waals surface area contributed by atoms with Crippen molar-refractivity contribution in [3.63, 3.8) is 0 Å². The smallest absolute Gasteiger partial charge is 0.236 e. The summed E-state index contributed by atoms with van der Waals surface area (Å²) in [5.41, 5.74) is 6.33. The largest absolute Gasteiger partial charge is 0.354 e. The summed E-state index contributed by atoms with van der Waals surface area (Å²) < 4.78 is 0. The molecule has 0 heterocycles. The van der Waals surface area contributed by atoms with Crippen LogP contribution >= 0.6 is 35.6 Å². The molecule has 3 N–H and O–H groups in total. The first kappa shape index (κ1) is 16.5. The molecule has 17 heavy (non-hydrogen) atoms. The third-order valence-electron chi connectivity index (χ3n) is 2.14. The van der Waals surface area contributed by atoms with Crippen LogP contribution in [0.15, 0.2) is 18.2 Å². The molecule has 0 aliphatic heterocycles. The van der Waals surface area contributed by atoms with Crippen molar-refractivity contribution in [3.05, 3.63) is 33.8 Å². The van der Waals surface area contributed by atoms with Gasteiger partial charge in [-0.3, -0.25) is 4.79 Å². The Morgan fingerprint density at radius 2 is 2.12 bits per heavy atom. The summed E-state index contributed by atoms with van der Waals surface area (Å²) in [4.78, 5) is 11.2. The number of amides is 1. The molecule has 1 atom stereocenters. The Balaban J connectivity index is 0.00000256. The number of nitrogens with two attached hydrogens (primary N) is 1. The van der Waals surface area contributed by atoms with Gasteiger partial charge in [-0.2, -0.15) is 0 Å². The lowest BCUT2D eigenvalue weighted by atomic mass is 10.1. The molecule has 1 aromatic rings. The SMILES string of the molecule is C[C@@H](N)C(=O)NCCc1cccc(Cl)c1Cl.Cl. The predicted molar refractivity (Wildman–Crippen MR) is 74.1 cm³/mol. The van der Waals surface area contributed by atoms with Gasteiger partial charge in [0.05, 0.1) is 16.1 Å². The number of hydrogen-bond acceptors (Lipinski definition) is 2. The number of halogens is 3. The van der Waals surface area contributed by atoms with Crippen LogP contribution in [0.2, 0.25) is 10.0 Å². The van der Waals surface area contributed by atoms with Crippen molar-refractivity contribution in [2.75, 3.05) is 6.54 Å². The summed E-state index contributed by atoms with van der Waals surface area (Å²) in [5.74, 6) is -0.168. The quantitative estimate of drug-likeness (QED) is 0.897. The number of carbonyl (C=O) groups excluding carboxylic acids is 1. The number of nitrogens with one attached hydrogen (secondary N) is 1. The molecular formula is C11H15Cl3N2O. The zero-order chi connectivity index (χ0) is 12.1.